The molecule has 0 bridgehead atoms. The van der Waals surface area contributed by atoms with Gasteiger partial charge in [-0.15, -0.1) is 0 Å². The van der Waals surface area contributed by atoms with E-state index in [1.807, 2.05) is 52.8 Å². The van der Waals surface area contributed by atoms with Crippen molar-refractivity contribution in [1.29, 1.82) is 0 Å². The molecule has 0 heterocycles. The highest BCUT2D eigenvalue weighted by atomic mass is 32.1. The molecule has 0 aromatic heterocycles. The van der Waals surface area contributed by atoms with Crippen LogP contribution in [-0.4, -0.2) is 30.8 Å². The van der Waals surface area contributed by atoms with Gasteiger partial charge in [-0.1, -0.05) is 17.7 Å². The Balaban J connectivity index is 2.12. The standard InChI is InChI=1S/C22H29N3O4S/c1-6-27-18-12-16(13-19(28-7-2)20(18)29-8-3)21(26)24-25-22(30)23-17-10-9-14(4)11-15(17)5/h9-13H,6-8H2,1-5H3,(H,24,26)(H2,23,25,30). The summed E-state index contributed by atoms with van der Waals surface area (Å²) in [5, 5.41) is 3.34. The Morgan fingerprint density at radius 2 is 1.50 bits per heavy atom. The Hall–Kier alpha value is -3.00. The fourth-order valence-corrected chi connectivity index (χ4v) is 2.97. The maximum atomic E-state index is 12.7. The van der Waals surface area contributed by atoms with Crippen LogP contribution in [0.3, 0.4) is 0 Å². The number of anilines is 1. The maximum absolute atomic E-state index is 12.7. The van der Waals surface area contributed by atoms with Crippen molar-refractivity contribution in [1.82, 2.24) is 10.9 Å². The minimum atomic E-state index is -0.385. The van der Waals surface area contributed by atoms with Crippen LogP contribution in [0.2, 0.25) is 0 Å². The van der Waals surface area contributed by atoms with Gasteiger partial charge in [0.1, 0.15) is 0 Å². The van der Waals surface area contributed by atoms with Gasteiger partial charge in [0.15, 0.2) is 16.6 Å². The summed E-state index contributed by atoms with van der Waals surface area (Å²) in [4.78, 5) is 12.7. The third kappa shape index (κ3) is 6.25. The Morgan fingerprint density at radius 1 is 0.900 bits per heavy atom. The molecule has 2 aromatic rings. The van der Waals surface area contributed by atoms with Crippen LogP contribution in [0.15, 0.2) is 30.3 Å². The van der Waals surface area contributed by atoms with Gasteiger partial charge in [0.05, 0.1) is 19.8 Å². The lowest BCUT2D eigenvalue weighted by atomic mass is 10.1. The average Bonchev–Trinajstić information content (AvgIpc) is 2.71. The average molecular weight is 432 g/mol. The molecule has 0 spiro atoms. The summed E-state index contributed by atoms with van der Waals surface area (Å²) < 4.78 is 17.0. The molecule has 0 aliphatic carbocycles. The van der Waals surface area contributed by atoms with E-state index in [1.54, 1.807) is 12.1 Å². The van der Waals surface area contributed by atoms with Crippen LogP contribution in [0, 0.1) is 13.8 Å². The van der Waals surface area contributed by atoms with Gasteiger partial charge in [0.25, 0.3) is 5.91 Å². The smallest absolute Gasteiger partial charge is 0.269 e. The summed E-state index contributed by atoms with van der Waals surface area (Å²) >= 11 is 5.28. The minimum absolute atomic E-state index is 0.274. The minimum Gasteiger partial charge on any atom is -0.490 e. The van der Waals surface area contributed by atoms with E-state index in [-0.39, 0.29) is 11.0 Å². The largest absolute Gasteiger partial charge is 0.490 e. The second-order valence-corrected chi connectivity index (χ2v) is 6.86. The third-order valence-corrected chi connectivity index (χ3v) is 4.30. The number of hydrazine groups is 1. The molecule has 0 fully saturated rings. The molecule has 3 N–H and O–H groups in total. The van der Waals surface area contributed by atoms with Crippen molar-refractivity contribution < 1.29 is 19.0 Å². The number of hydrogen-bond acceptors (Lipinski definition) is 5. The molecule has 0 saturated heterocycles. The second-order valence-electron chi connectivity index (χ2n) is 6.45. The Kier molecular flexibility index (Phi) is 8.73. The fourth-order valence-electron chi connectivity index (χ4n) is 2.81. The molecule has 1 amide bonds. The molecule has 0 unspecified atom stereocenters. The molecule has 0 radical (unpaired) electrons. The normalized spacial score (nSPS) is 10.2. The number of amides is 1. The number of benzene rings is 2. The van der Waals surface area contributed by atoms with Crippen LogP contribution in [-0.2, 0) is 0 Å². The zero-order valence-corrected chi connectivity index (χ0v) is 18.9. The van der Waals surface area contributed by atoms with Crippen molar-refractivity contribution in [2.75, 3.05) is 25.1 Å². The first-order chi connectivity index (χ1) is 14.4. The monoisotopic (exact) mass is 431 g/mol. The summed E-state index contributed by atoms with van der Waals surface area (Å²) in [6, 6.07) is 9.22. The molecular weight excluding hydrogens is 402 g/mol. The first-order valence-corrected chi connectivity index (χ1v) is 10.3. The van der Waals surface area contributed by atoms with E-state index in [1.165, 1.54) is 0 Å². The predicted octanol–water partition coefficient (Wildman–Crippen LogP) is 4.13. The molecule has 162 valence electrons. The second kappa shape index (κ2) is 11.3. The lowest BCUT2D eigenvalue weighted by molar-refractivity contribution is 0.0943. The highest BCUT2D eigenvalue weighted by molar-refractivity contribution is 7.80. The van der Waals surface area contributed by atoms with Gasteiger partial charge in [-0.3, -0.25) is 15.6 Å². The van der Waals surface area contributed by atoms with Crippen molar-refractivity contribution in [3.63, 3.8) is 0 Å². The zero-order chi connectivity index (χ0) is 22.1. The molecule has 7 nitrogen and oxygen atoms in total. The van der Waals surface area contributed by atoms with Crippen LogP contribution in [0.5, 0.6) is 17.2 Å². The molecule has 2 rings (SSSR count). The van der Waals surface area contributed by atoms with E-state index in [2.05, 4.69) is 16.2 Å². The number of carbonyl (C=O) groups excluding carboxylic acids is 1. The van der Waals surface area contributed by atoms with Gasteiger partial charge in [0, 0.05) is 11.3 Å². The molecule has 0 aliphatic rings. The van der Waals surface area contributed by atoms with Crippen molar-refractivity contribution in [2.24, 2.45) is 0 Å². The number of hydrogen-bond donors (Lipinski definition) is 3. The van der Waals surface area contributed by atoms with Gasteiger partial charge in [-0.2, -0.15) is 0 Å². The van der Waals surface area contributed by atoms with Crippen LogP contribution in [0.4, 0.5) is 5.69 Å². The van der Waals surface area contributed by atoms with E-state index in [0.29, 0.717) is 42.6 Å². The first kappa shape index (κ1) is 23.3. The van der Waals surface area contributed by atoms with Gasteiger partial charge in [-0.25, -0.2) is 0 Å². The van der Waals surface area contributed by atoms with E-state index >= 15 is 0 Å². The van der Waals surface area contributed by atoms with Crippen molar-refractivity contribution in [3.05, 3.63) is 47.0 Å². The van der Waals surface area contributed by atoms with Crippen molar-refractivity contribution >= 4 is 28.9 Å². The molecule has 2 aromatic carbocycles. The van der Waals surface area contributed by atoms with Gasteiger partial charge < -0.3 is 19.5 Å². The molecule has 30 heavy (non-hydrogen) atoms. The van der Waals surface area contributed by atoms with Crippen LogP contribution >= 0.6 is 12.2 Å². The number of aryl methyl sites for hydroxylation is 2. The zero-order valence-electron chi connectivity index (χ0n) is 18.0. The SMILES string of the molecule is CCOc1cc(C(=O)NNC(=S)Nc2ccc(C)cc2C)cc(OCC)c1OCC. The van der Waals surface area contributed by atoms with Crippen LogP contribution < -0.4 is 30.4 Å². The van der Waals surface area contributed by atoms with E-state index in [0.717, 1.165) is 16.8 Å². The number of thiocarbonyl (C=S) groups is 1. The molecular formula is C22H29N3O4S. The van der Waals surface area contributed by atoms with Gasteiger partial charge in [-0.05, 0) is 70.6 Å². The topological polar surface area (TPSA) is 80.9 Å². The third-order valence-electron chi connectivity index (χ3n) is 4.09. The summed E-state index contributed by atoms with van der Waals surface area (Å²) in [5.41, 5.74) is 8.76. The van der Waals surface area contributed by atoms with Crippen molar-refractivity contribution in [2.45, 2.75) is 34.6 Å². The number of rotatable bonds is 8. The first-order valence-electron chi connectivity index (χ1n) is 9.90. The van der Waals surface area contributed by atoms with Crippen LogP contribution in [0.1, 0.15) is 42.3 Å². The maximum Gasteiger partial charge on any atom is 0.269 e. The molecule has 8 heteroatoms. The fraction of sp³-hybridized carbons (Fsp3) is 0.364. The Morgan fingerprint density at radius 3 is 2.03 bits per heavy atom. The van der Waals surface area contributed by atoms with Gasteiger partial charge in [0.2, 0.25) is 5.75 Å². The lowest BCUT2D eigenvalue weighted by Crippen LogP contribution is -2.43. The number of ether oxygens (including phenoxy) is 3. The van der Waals surface area contributed by atoms with E-state index in [4.69, 9.17) is 26.4 Å². The molecule has 0 saturated carbocycles. The van der Waals surface area contributed by atoms with Crippen molar-refractivity contribution in [3.8, 4) is 17.2 Å². The highest BCUT2D eigenvalue weighted by Gasteiger charge is 2.18. The quantitative estimate of drug-likeness (QED) is 0.428. The van der Waals surface area contributed by atoms with E-state index < -0.39 is 0 Å². The van der Waals surface area contributed by atoms with E-state index in [9.17, 15) is 4.79 Å². The van der Waals surface area contributed by atoms with Gasteiger partial charge >= 0.3 is 0 Å². The summed E-state index contributed by atoms with van der Waals surface area (Å²) in [5.74, 6) is 1.00. The van der Waals surface area contributed by atoms with Crippen LogP contribution in [0.25, 0.3) is 0 Å². The molecule has 0 aliphatic heterocycles. The summed E-state index contributed by atoms with van der Waals surface area (Å²) in [6.45, 7) is 10.9. The highest BCUT2D eigenvalue weighted by Crippen LogP contribution is 2.39. The molecule has 0 atom stereocenters. The lowest BCUT2D eigenvalue weighted by Gasteiger charge is -2.17. The summed E-state index contributed by atoms with van der Waals surface area (Å²) in [6.07, 6.45) is 0. The Labute approximate surface area is 183 Å². The number of nitrogens with one attached hydrogen (secondary N) is 3. The number of carbonyl (C=O) groups is 1. The summed E-state index contributed by atoms with van der Waals surface area (Å²) in [7, 11) is 0. The Bertz CT molecular complexity index is 875. The predicted molar refractivity (Wildman–Crippen MR) is 123 cm³/mol.